The molecule has 0 saturated heterocycles. The van der Waals surface area contributed by atoms with E-state index in [1.165, 1.54) is 0 Å². The molecular weight excluding hydrogens is 156 g/mol. The molecule has 1 rings (SSSR count). The third-order valence-electron chi connectivity index (χ3n) is 1.43. The fourth-order valence-electron chi connectivity index (χ4n) is 0.843. The highest BCUT2D eigenvalue weighted by Gasteiger charge is 2.05. The van der Waals surface area contributed by atoms with Crippen LogP contribution in [0.2, 0.25) is 0 Å². The van der Waals surface area contributed by atoms with E-state index in [4.69, 9.17) is 6.42 Å². The molecule has 1 unspecified atom stereocenters. The van der Waals surface area contributed by atoms with Gasteiger partial charge in [-0.1, -0.05) is 6.07 Å². The van der Waals surface area contributed by atoms with E-state index in [-0.39, 0.29) is 6.10 Å². The Morgan fingerprint density at radius 3 is 3.09 bits per heavy atom. The number of hydrogen-bond donors (Lipinski definition) is 1. The summed E-state index contributed by atoms with van der Waals surface area (Å²) in [6.07, 6.45) is 6.00. The molecule has 1 N–H and O–H groups in total. The molecule has 1 aromatic rings. The molecule has 1 nitrogen and oxygen atoms in total. The molecule has 11 heavy (non-hydrogen) atoms. The lowest BCUT2D eigenvalue weighted by Gasteiger charge is -2.04. The lowest BCUT2D eigenvalue weighted by atomic mass is 10.2. The smallest absolute Gasteiger partial charge is 0.0891 e. The van der Waals surface area contributed by atoms with E-state index in [1.807, 2.05) is 17.5 Å². The highest BCUT2D eigenvalue weighted by Crippen LogP contribution is 2.22. The largest absolute Gasteiger partial charge is 0.388 e. The van der Waals surface area contributed by atoms with Crippen LogP contribution < -0.4 is 0 Å². The maximum Gasteiger partial charge on any atom is 0.0891 e. The lowest BCUT2D eigenvalue weighted by molar-refractivity contribution is 0.173. The van der Waals surface area contributed by atoms with Crippen molar-refractivity contribution in [1.29, 1.82) is 0 Å². The second-order valence-corrected chi connectivity index (χ2v) is 3.25. The molecular formula is C9H10OS. The number of hydrogen-bond acceptors (Lipinski definition) is 2. The van der Waals surface area contributed by atoms with E-state index in [0.29, 0.717) is 12.8 Å². The standard InChI is InChI=1S/C9H10OS/c1-2-3-5-8(10)9-6-4-7-11-9/h1,4,6-8,10H,3,5H2. The molecule has 2 heteroatoms. The summed E-state index contributed by atoms with van der Waals surface area (Å²) in [6.45, 7) is 0. The lowest BCUT2D eigenvalue weighted by Crippen LogP contribution is -1.92. The van der Waals surface area contributed by atoms with Crippen LogP contribution in [0.3, 0.4) is 0 Å². The molecule has 0 aromatic carbocycles. The molecule has 0 aliphatic heterocycles. The molecule has 0 amide bonds. The number of aliphatic hydroxyl groups excluding tert-OH is 1. The summed E-state index contributed by atoms with van der Waals surface area (Å²) in [5.41, 5.74) is 0. The first-order valence-electron chi connectivity index (χ1n) is 3.49. The summed E-state index contributed by atoms with van der Waals surface area (Å²) in [5, 5.41) is 11.4. The molecule has 0 radical (unpaired) electrons. The van der Waals surface area contributed by atoms with Gasteiger partial charge >= 0.3 is 0 Å². The SMILES string of the molecule is C#CCCC(O)c1cccs1. The van der Waals surface area contributed by atoms with Crippen molar-refractivity contribution < 1.29 is 5.11 Å². The van der Waals surface area contributed by atoms with Crippen LogP contribution in [-0.4, -0.2) is 5.11 Å². The van der Waals surface area contributed by atoms with Crippen LogP contribution in [-0.2, 0) is 0 Å². The van der Waals surface area contributed by atoms with Gasteiger partial charge in [0.2, 0.25) is 0 Å². The van der Waals surface area contributed by atoms with Crippen molar-refractivity contribution in [2.75, 3.05) is 0 Å². The molecule has 0 aliphatic carbocycles. The van der Waals surface area contributed by atoms with E-state index in [2.05, 4.69) is 5.92 Å². The van der Waals surface area contributed by atoms with Crippen molar-refractivity contribution in [1.82, 2.24) is 0 Å². The summed E-state index contributed by atoms with van der Waals surface area (Å²) >= 11 is 1.56. The van der Waals surface area contributed by atoms with Crippen molar-refractivity contribution in [3.05, 3.63) is 22.4 Å². The number of rotatable bonds is 3. The predicted molar refractivity (Wildman–Crippen MR) is 47.3 cm³/mol. The Morgan fingerprint density at radius 2 is 2.55 bits per heavy atom. The quantitative estimate of drug-likeness (QED) is 0.682. The van der Waals surface area contributed by atoms with Crippen molar-refractivity contribution >= 4 is 11.3 Å². The molecule has 0 aliphatic rings. The topological polar surface area (TPSA) is 20.2 Å². The van der Waals surface area contributed by atoms with Crippen LogP contribution in [0.5, 0.6) is 0 Å². The van der Waals surface area contributed by atoms with E-state index in [0.717, 1.165) is 4.88 Å². The highest BCUT2D eigenvalue weighted by molar-refractivity contribution is 7.10. The Labute approximate surface area is 70.7 Å². The van der Waals surface area contributed by atoms with Crippen molar-refractivity contribution in [2.24, 2.45) is 0 Å². The van der Waals surface area contributed by atoms with Gasteiger partial charge in [0.15, 0.2) is 0 Å². The van der Waals surface area contributed by atoms with Crippen LogP contribution in [0.1, 0.15) is 23.8 Å². The van der Waals surface area contributed by atoms with E-state index in [9.17, 15) is 5.11 Å². The first-order chi connectivity index (χ1) is 5.34. The second-order valence-electron chi connectivity index (χ2n) is 2.27. The zero-order chi connectivity index (χ0) is 8.10. The fraction of sp³-hybridized carbons (Fsp3) is 0.333. The minimum Gasteiger partial charge on any atom is -0.388 e. The normalized spacial score (nSPS) is 12.4. The Balaban J connectivity index is 2.44. The minimum absolute atomic E-state index is 0.369. The molecule has 0 spiro atoms. The number of terminal acetylenes is 1. The van der Waals surface area contributed by atoms with Gasteiger partial charge in [0, 0.05) is 11.3 Å². The fourth-order valence-corrected chi connectivity index (χ4v) is 1.59. The molecule has 1 atom stereocenters. The van der Waals surface area contributed by atoms with E-state index < -0.39 is 0 Å². The Kier molecular flexibility index (Phi) is 3.15. The highest BCUT2D eigenvalue weighted by atomic mass is 32.1. The van der Waals surface area contributed by atoms with Crippen molar-refractivity contribution in [3.8, 4) is 12.3 Å². The summed E-state index contributed by atoms with van der Waals surface area (Å²) in [7, 11) is 0. The first-order valence-corrected chi connectivity index (χ1v) is 4.37. The summed E-state index contributed by atoms with van der Waals surface area (Å²) in [6, 6.07) is 3.85. The average Bonchev–Trinajstić information content (AvgIpc) is 2.52. The van der Waals surface area contributed by atoms with Gasteiger partial charge in [0.25, 0.3) is 0 Å². The third kappa shape index (κ3) is 2.38. The zero-order valence-corrected chi connectivity index (χ0v) is 6.97. The van der Waals surface area contributed by atoms with Crippen molar-refractivity contribution in [2.45, 2.75) is 18.9 Å². The van der Waals surface area contributed by atoms with Crippen LogP contribution >= 0.6 is 11.3 Å². The summed E-state index contributed by atoms with van der Waals surface area (Å²) < 4.78 is 0. The molecule has 0 saturated carbocycles. The van der Waals surface area contributed by atoms with Crippen LogP contribution in [0, 0.1) is 12.3 Å². The number of aliphatic hydroxyl groups is 1. The minimum atomic E-state index is -0.369. The molecule has 1 heterocycles. The van der Waals surface area contributed by atoms with Gasteiger partial charge in [0.1, 0.15) is 0 Å². The second kappa shape index (κ2) is 4.17. The third-order valence-corrected chi connectivity index (χ3v) is 2.41. The summed E-state index contributed by atoms with van der Waals surface area (Å²) in [5.74, 6) is 2.51. The first kappa shape index (κ1) is 8.32. The Hall–Kier alpha value is -0.780. The van der Waals surface area contributed by atoms with E-state index in [1.54, 1.807) is 11.3 Å². The Morgan fingerprint density at radius 1 is 1.73 bits per heavy atom. The summed E-state index contributed by atoms with van der Waals surface area (Å²) in [4.78, 5) is 1.00. The van der Waals surface area contributed by atoms with Gasteiger partial charge in [-0.2, -0.15) is 0 Å². The molecule has 58 valence electrons. The number of thiophene rings is 1. The maximum absolute atomic E-state index is 9.46. The monoisotopic (exact) mass is 166 g/mol. The van der Waals surface area contributed by atoms with Crippen molar-refractivity contribution in [3.63, 3.8) is 0 Å². The predicted octanol–water partition coefficient (Wildman–Crippen LogP) is 2.19. The average molecular weight is 166 g/mol. The van der Waals surface area contributed by atoms with Crippen LogP contribution in [0.25, 0.3) is 0 Å². The van der Waals surface area contributed by atoms with Gasteiger partial charge in [-0.3, -0.25) is 0 Å². The molecule has 1 aromatic heterocycles. The van der Waals surface area contributed by atoms with Gasteiger partial charge in [-0.15, -0.1) is 23.7 Å². The maximum atomic E-state index is 9.46. The van der Waals surface area contributed by atoms with Crippen LogP contribution in [0.15, 0.2) is 17.5 Å². The van der Waals surface area contributed by atoms with Gasteiger partial charge < -0.3 is 5.11 Å². The van der Waals surface area contributed by atoms with Crippen LogP contribution in [0.4, 0.5) is 0 Å². The molecule has 0 bridgehead atoms. The van der Waals surface area contributed by atoms with Gasteiger partial charge in [-0.05, 0) is 17.9 Å². The van der Waals surface area contributed by atoms with Gasteiger partial charge in [0.05, 0.1) is 6.10 Å². The van der Waals surface area contributed by atoms with Gasteiger partial charge in [-0.25, -0.2) is 0 Å². The molecule has 0 fully saturated rings. The zero-order valence-electron chi connectivity index (χ0n) is 6.16. The Bertz CT molecular complexity index is 233. The van der Waals surface area contributed by atoms with E-state index >= 15 is 0 Å².